The molecular formula is C21H22ClF3N8O2S. The number of aromatic nitrogens is 5. The molecule has 0 saturated carbocycles. The summed E-state index contributed by atoms with van der Waals surface area (Å²) in [5.74, 6) is -1.56. The van der Waals surface area contributed by atoms with Gasteiger partial charge in [-0.15, -0.1) is 10.2 Å². The normalized spacial score (nSPS) is 18.5. The number of hydrogen-bond acceptors (Lipinski definition) is 9. The summed E-state index contributed by atoms with van der Waals surface area (Å²) in [4.78, 5) is 16.0. The monoisotopic (exact) mass is 542 g/mol. The molecule has 0 aromatic carbocycles. The molecule has 2 aliphatic rings. The van der Waals surface area contributed by atoms with Gasteiger partial charge in [0.05, 0.1) is 16.8 Å². The highest BCUT2D eigenvalue weighted by Gasteiger charge is 2.47. The number of carboxylic acid groups (broad SMARTS) is 1. The quantitative estimate of drug-likeness (QED) is 0.449. The third-order valence-corrected chi connectivity index (χ3v) is 7.74. The summed E-state index contributed by atoms with van der Waals surface area (Å²) in [6, 6.07) is 7.87. The zero-order valence-corrected chi connectivity index (χ0v) is 20.3. The Morgan fingerprint density at radius 3 is 2.44 bits per heavy atom. The van der Waals surface area contributed by atoms with E-state index in [4.69, 9.17) is 33.0 Å². The minimum absolute atomic E-state index is 0.0505. The number of rotatable bonds is 3. The molecule has 5 rings (SSSR count). The molecule has 3 aromatic heterocycles. The summed E-state index contributed by atoms with van der Waals surface area (Å²) in [5.41, 5.74) is 13.6. The van der Waals surface area contributed by atoms with Gasteiger partial charge in [-0.1, -0.05) is 23.4 Å². The Hall–Kier alpha value is -3.10. The van der Waals surface area contributed by atoms with Gasteiger partial charge in [0, 0.05) is 42.3 Å². The van der Waals surface area contributed by atoms with Crippen molar-refractivity contribution in [3.05, 3.63) is 47.4 Å². The van der Waals surface area contributed by atoms with Crippen LogP contribution < -0.4 is 16.4 Å². The van der Waals surface area contributed by atoms with Crippen molar-refractivity contribution in [1.29, 1.82) is 0 Å². The lowest BCUT2D eigenvalue weighted by atomic mass is 9.73. The predicted molar refractivity (Wildman–Crippen MR) is 127 cm³/mol. The Balaban J connectivity index is 0.000000384. The lowest BCUT2D eigenvalue weighted by Gasteiger charge is -2.41. The molecule has 1 fully saturated rings. The Morgan fingerprint density at radius 1 is 1.17 bits per heavy atom. The molecule has 15 heteroatoms. The molecule has 0 amide bonds. The molecule has 3 aromatic rings. The number of hydrogen-bond donors (Lipinski definition) is 3. The molecule has 2 aliphatic heterocycles. The number of nitrogens with zero attached hydrogens (tertiary/aromatic N) is 6. The van der Waals surface area contributed by atoms with Gasteiger partial charge in [0.2, 0.25) is 0 Å². The van der Waals surface area contributed by atoms with Gasteiger partial charge in [0.25, 0.3) is 0 Å². The second-order valence-electron chi connectivity index (χ2n) is 8.38. The number of aliphatic carboxylic acids is 1. The van der Waals surface area contributed by atoms with E-state index in [0.29, 0.717) is 10.8 Å². The third-order valence-electron chi connectivity index (χ3n) is 6.24. The van der Waals surface area contributed by atoms with Crippen molar-refractivity contribution in [2.24, 2.45) is 11.1 Å². The SMILES string of the molecule is Nc1nccc(Sc2ccc(N3CCC4(CC3)Cn3nccc3[C@H]4N)nn2)c1Cl.O=C(O)C(F)(F)F. The number of nitrogens with two attached hydrogens (primary N) is 2. The van der Waals surface area contributed by atoms with Crippen LogP contribution in [0.25, 0.3) is 0 Å². The van der Waals surface area contributed by atoms with E-state index in [2.05, 4.69) is 29.9 Å². The van der Waals surface area contributed by atoms with Crippen molar-refractivity contribution in [3.63, 3.8) is 0 Å². The van der Waals surface area contributed by atoms with E-state index in [1.165, 1.54) is 11.8 Å². The highest BCUT2D eigenvalue weighted by molar-refractivity contribution is 7.99. The van der Waals surface area contributed by atoms with Gasteiger partial charge in [-0.2, -0.15) is 18.3 Å². The maximum atomic E-state index is 10.6. The average Bonchev–Trinajstić information content (AvgIpc) is 3.39. The van der Waals surface area contributed by atoms with Crippen molar-refractivity contribution < 1.29 is 23.1 Å². The molecule has 192 valence electrons. The first-order valence-electron chi connectivity index (χ1n) is 10.7. The summed E-state index contributed by atoms with van der Waals surface area (Å²) < 4.78 is 33.8. The van der Waals surface area contributed by atoms with Crippen LogP contribution in [0.2, 0.25) is 5.02 Å². The van der Waals surface area contributed by atoms with E-state index in [1.54, 1.807) is 6.20 Å². The molecule has 0 unspecified atom stereocenters. The lowest BCUT2D eigenvalue weighted by molar-refractivity contribution is -0.192. The van der Waals surface area contributed by atoms with Crippen LogP contribution >= 0.6 is 23.4 Å². The van der Waals surface area contributed by atoms with Crippen molar-refractivity contribution in [2.45, 2.75) is 41.5 Å². The van der Waals surface area contributed by atoms with Crippen molar-refractivity contribution in [1.82, 2.24) is 25.0 Å². The summed E-state index contributed by atoms with van der Waals surface area (Å²) >= 11 is 7.63. The zero-order valence-electron chi connectivity index (χ0n) is 18.7. The Morgan fingerprint density at radius 2 is 1.86 bits per heavy atom. The van der Waals surface area contributed by atoms with E-state index in [1.807, 2.05) is 30.5 Å². The fourth-order valence-corrected chi connectivity index (χ4v) is 5.26. The zero-order chi connectivity index (χ0) is 26.1. The van der Waals surface area contributed by atoms with Crippen LogP contribution in [0.5, 0.6) is 0 Å². The Labute approximate surface area is 212 Å². The van der Waals surface area contributed by atoms with E-state index in [-0.39, 0.29) is 11.5 Å². The highest BCUT2D eigenvalue weighted by Crippen LogP contribution is 2.47. The van der Waals surface area contributed by atoms with E-state index in [9.17, 15) is 13.2 Å². The third kappa shape index (κ3) is 5.34. The van der Waals surface area contributed by atoms with E-state index < -0.39 is 12.1 Å². The molecule has 10 nitrogen and oxygen atoms in total. The second kappa shape index (κ2) is 10.1. The minimum Gasteiger partial charge on any atom is -0.475 e. The minimum atomic E-state index is -5.08. The highest BCUT2D eigenvalue weighted by atomic mass is 35.5. The number of piperidine rings is 1. The Kier molecular flexibility index (Phi) is 7.29. The molecule has 1 spiro atoms. The van der Waals surface area contributed by atoms with Crippen molar-refractivity contribution in [2.75, 3.05) is 23.7 Å². The first-order valence-corrected chi connectivity index (χ1v) is 11.9. The summed E-state index contributed by atoms with van der Waals surface area (Å²) in [5, 5.41) is 21.5. The number of nitrogen functional groups attached to an aromatic ring is 1. The van der Waals surface area contributed by atoms with Gasteiger partial charge in [0.1, 0.15) is 10.8 Å². The molecule has 0 radical (unpaired) electrons. The number of pyridine rings is 1. The van der Waals surface area contributed by atoms with Gasteiger partial charge < -0.3 is 21.5 Å². The fraction of sp³-hybridized carbons (Fsp3) is 0.381. The predicted octanol–water partition coefficient (Wildman–Crippen LogP) is 3.39. The van der Waals surface area contributed by atoms with Crippen LogP contribution in [0.4, 0.5) is 24.8 Å². The molecule has 1 saturated heterocycles. The van der Waals surface area contributed by atoms with Crippen LogP contribution in [0.1, 0.15) is 24.6 Å². The van der Waals surface area contributed by atoms with Crippen LogP contribution in [0, 0.1) is 5.41 Å². The maximum Gasteiger partial charge on any atom is 0.490 e. The Bertz CT molecular complexity index is 1230. The lowest BCUT2D eigenvalue weighted by Crippen LogP contribution is -2.45. The topological polar surface area (TPSA) is 149 Å². The molecule has 0 bridgehead atoms. The van der Waals surface area contributed by atoms with E-state index in [0.717, 1.165) is 53.9 Å². The van der Waals surface area contributed by atoms with Gasteiger partial charge in [-0.3, -0.25) is 4.68 Å². The van der Waals surface area contributed by atoms with Crippen molar-refractivity contribution in [3.8, 4) is 0 Å². The average molecular weight is 543 g/mol. The second-order valence-corrected chi connectivity index (χ2v) is 9.82. The fourth-order valence-electron chi connectivity index (χ4n) is 4.27. The molecule has 1 atom stereocenters. The number of alkyl halides is 3. The van der Waals surface area contributed by atoms with Crippen LogP contribution in [0.3, 0.4) is 0 Å². The number of carboxylic acids is 1. The molecular weight excluding hydrogens is 521 g/mol. The standard InChI is InChI=1S/C19H21ClN8S.C2HF3O2/c20-16-13(4-7-23-18(16)22)29-15-2-1-14(25-26-15)27-9-5-19(6-10-27)11-28-12(17(19)21)3-8-24-28;3-2(4,5)1(6)7/h1-4,7-8,17H,5-6,9-11,21H2,(H2,22,23);(H,6,7)/t17-;/m1./s1. The number of fused-ring (bicyclic) bond motifs is 1. The molecule has 5 heterocycles. The van der Waals surface area contributed by atoms with E-state index >= 15 is 0 Å². The first-order chi connectivity index (χ1) is 17.0. The molecule has 36 heavy (non-hydrogen) atoms. The van der Waals surface area contributed by atoms with Crippen LogP contribution in [0.15, 0.2) is 46.6 Å². The van der Waals surface area contributed by atoms with Crippen LogP contribution in [-0.4, -0.2) is 55.3 Å². The molecule has 0 aliphatic carbocycles. The smallest absolute Gasteiger partial charge is 0.475 e. The van der Waals surface area contributed by atoms with Crippen LogP contribution in [-0.2, 0) is 11.3 Å². The van der Waals surface area contributed by atoms with Gasteiger partial charge in [-0.25, -0.2) is 9.78 Å². The number of halogens is 4. The summed E-state index contributed by atoms with van der Waals surface area (Å²) in [6.07, 6.45) is 0.414. The summed E-state index contributed by atoms with van der Waals surface area (Å²) in [7, 11) is 0. The van der Waals surface area contributed by atoms with Gasteiger partial charge in [-0.05, 0) is 37.1 Å². The first kappa shape index (κ1) is 26.0. The summed E-state index contributed by atoms with van der Waals surface area (Å²) in [6.45, 7) is 2.72. The number of carbonyl (C=O) groups is 1. The molecule has 5 N–H and O–H groups in total. The van der Waals surface area contributed by atoms with Gasteiger partial charge >= 0.3 is 12.1 Å². The largest absolute Gasteiger partial charge is 0.490 e. The number of anilines is 2. The van der Waals surface area contributed by atoms with Gasteiger partial charge in [0.15, 0.2) is 5.82 Å². The van der Waals surface area contributed by atoms with Crippen molar-refractivity contribution >= 4 is 41.0 Å². The maximum absolute atomic E-state index is 10.6.